The van der Waals surface area contributed by atoms with Gasteiger partial charge in [-0.15, -0.1) is 5.92 Å². The summed E-state index contributed by atoms with van der Waals surface area (Å²) in [5.74, 6) is 6.34. The van der Waals surface area contributed by atoms with Crippen molar-refractivity contribution in [3.8, 4) is 17.6 Å². The van der Waals surface area contributed by atoms with Gasteiger partial charge in [-0.2, -0.15) is 0 Å². The Hall–Kier alpha value is -2.47. The maximum atomic E-state index is 11.5. The SMILES string of the molecule is CC#C[C@H](CC(=O)OC)c1ccc(OC/C=C(\C)CCC=C(C)C)cc1. The van der Waals surface area contributed by atoms with Crippen LogP contribution in [-0.2, 0) is 9.53 Å². The number of carbonyl (C=O) groups excluding carboxylic acids is 1. The fourth-order valence-corrected chi connectivity index (χ4v) is 2.44. The number of hydrogen-bond acceptors (Lipinski definition) is 3. The topological polar surface area (TPSA) is 35.5 Å². The maximum Gasteiger partial charge on any atom is 0.307 e. The van der Waals surface area contributed by atoms with Crippen LogP contribution in [-0.4, -0.2) is 19.7 Å². The molecule has 26 heavy (non-hydrogen) atoms. The summed E-state index contributed by atoms with van der Waals surface area (Å²) in [5, 5.41) is 0. The molecule has 0 unspecified atom stereocenters. The molecular formula is C23H30O3. The quantitative estimate of drug-likeness (QED) is 0.337. The molecular weight excluding hydrogens is 324 g/mol. The second-order valence-electron chi connectivity index (χ2n) is 6.48. The third-order valence-corrected chi connectivity index (χ3v) is 3.97. The van der Waals surface area contributed by atoms with Crippen LogP contribution in [0.3, 0.4) is 0 Å². The Morgan fingerprint density at radius 1 is 1.15 bits per heavy atom. The largest absolute Gasteiger partial charge is 0.490 e. The summed E-state index contributed by atoms with van der Waals surface area (Å²) in [7, 11) is 1.39. The number of ether oxygens (including phenoxy) is 2. The van der Waals surface area contributed by atoms with Gasteiger partial charge in [-0.3, -0.25) is 4.79 Å². The lowest BCUT2D eigenvalue weighted by Gasteiger charge is -2.11. The van der Waals surface area contributed by atoms with Crippen molar-refractivity contribution in [1.82, 2.24) is 0 Å². The van der Waals surface area contributed by atoms with E-state index in [1.54, 1.807) is 6.92 Å². The smallest absolute Gasteiger partial charge is 0.307 e. The standard InChI is InChI=1S/C23H30O3/c1-6-8-21(17-23(24)25-5)20-11-13-22(14-12-20)26-16-15-19(4)10-7-9-18(2)3/h9,11-15,21H,7,10,16-17H2,1-5H3/b19-15+/t21-/m1/s1. The second kappa shape index (κ2) is 12.0. The van der Waals surface area contributed by atoms with Crippen LogP contribution >= 0.6 is 0 Å². The average Bonchev–Trinajstić information content (AvgIpc) is 2.61. The lowest BCUT2D eigenvalue weighted by molar-refractivity contribution is -0.140. The first kappa shape index (κ1) is 21.6. The molecule has 0 saturated heterocycles. The summed E-state index contributed by atoms with van der Waals surface area (Å²) in [4.78, 5) is 11.5. The molecule has 0 amide bonds. The lowest BCUT2D eigenvalue weighted by Crippen LogP contribution is -2.07. The molecule has 0 aromatic heterocycles. The predicted molar refractivity (Wildman–Crippen MR) is 107 cm³/mol. The van der Waals surface area contributed by atoms with Gasteiger partial charge in [0.25, 0.3) is 0 Å². The lowest BCUT2D eigenvalue weighted by atomic mass is 9.96. The van der Waals surface area contributed by atoms with Crippen LogP contribution < -0.4 is 4.74 Å². The van der Waals surface area contributed by atoms with Crippen molar-refractivity contribution in [1.29, 1.82) is 0 Å². The van der Waals surface area contributed by atoms with Crippen LogP contribution in [0.25, 0.3) is 0 Å². The number of benzene rings is 1. The monoisotopic (exact) mass is 354 g/mol. The minimum Gasteiger partial charge on any atom is -0.490 e. The maximum absolute atomic E-state index is 11.5. The molecule has 0 spiro atoms. The Morgan fingerprint density at radius 2 is 1.85 bits per heavy atom. The molecule has 140 valence electrons. The first-order valence-electron chi connectivity index (χ1n) is 8.97. The van der Waals surface area contributed by atoms with E-state index in [0.29, 0.717) is 6.61 Å². The Bertz CT molecular complexity index is 680. The van der Waals surface area contributed by atoms with Gasteiger partial charge in [0.15, 0.2) is 0 Å². The minimum absolute atomic E-state index is 0.154. The summed E-state index contributed by atoms with van der Waals surface area (Å²) in [6.07, 6.45) is 6.75. The Morgan fingerprint density at radius 3 is 2.42 bits per heavy atom. The molecule has 0 aliphatic carbocycles. The van der Waals surface area contributed by atoms with Crippen LogP contribution in [0.2, 0.25) is 0 Å². The van der Waals surface area contributed by atoms with E-state index in [0.717, 1.165) is 24.2 Å². The van der Waals surface area contributed by atoms with E-state index < -0.39 is 0 Å². The number of esters is 1. The van der Waals surface area contributed by atoms with Crippen LogP contribution in [0.5, 0.6) is 5.75 Å². The number of carbonyl (C=O) groups is 1. The van der Waals surface area contributed by atoms with Gasteiger partial charge >= 0.3 is 5.97 Å². The molecule has 1 rings (SSSR count). The molecule has 3 nitrogen and oxygen atoms in total. The first-order chi connectivity index (χ1) is 12.5. The third-order valence-electron chi connectivity index (χ3n) is 3.97. The minimum atomic E-state index is -0.258. The molecule has 0 aliphatic heterocycles. The van der Waals surface area contributed by atoms with Crippen LogP contribution in [0.15, 0.2) is 47.6 Å². The van der Waals surface area contributed by atoms with Gasteiger partial charge in [0, 0.05) is 0 Å². The molecule has 0 fully saturated rings. The molecule has 1 aromatic rings. The normalized spacial score (nSPS) is 11.8. The highest BCUT2D eigenvalue weighted by Gasteiger charge is 2.14. The average molecular weight is 354 g/mol. The van der Waals surface area contributed by atoms with Crippen LogP contribution in [0.1, 0.15) is 58.4 Å². The zero-order valence-electron chi connectivity index (χ0n) is 16.6. The van der Waals surface area contributed by atoms with Gasteiger partial charge in [0.2, 0.25) is 0 Å². The van der Waals surface area contributed by atoms with Crippen molar-refractivity contribution in [3.05, 3.63) is 53.1 Å². The van der Waals surface area contributed by atoms with Gasteiger partial charge in [-0.1, -0.05) is 35.3 Å². The number of allylic oxidation sites excluding steroid dienone is 3. The van der Waals surface area contributed by atoms with Crippen molar-refractivity contribution < 1.29 is 14.3 Å². The summed E-state index contributed by atoms with van der Waals surface area (Å²) < 4.78 is 10.5. The summed E-state index contributed by atoms with van der Waals surface area (Å²) in [5.41, 5.74) is 3.67. The molecule has 0 radical (unpaired) electrons. The van der Waals surface area contributed by atoms with E-state index in [1.807, 2.05) is 24.3 Å². The summed E-state index contributed by atoms with van der Waals surface area (Å²) in [6.45, 7) is 8.70. The van der Waals surface area contributed by atoms with Gasteiger partial charge in [-0.05, 0) is 64.3 Å². The molecule has 1 atom stereocenters. The van der Waals surface area contributed by atoms with Gasteiger partial charge < -0.3 is 9.47 Å². The van der Waals surface area contributed by atoms with Gasteiger partial charge in [-0.25, -0.2) is 0 Å². The highest BCUT2D eigenvalue weighted by atomic mass is 16.5. The molecule has 3 heteroatoms. The van der Waals surface area contributed by atoms with Crippen molar-refractivity contribution in [2.75, 3.05) is 13.7 Å². The predicted octanol–water partition coefficient (Wildman–Crippen LogP) is 5.43. The molecule has 0 bridgehead atoms. The highest BCUT2D eigenvalue weighted by Crippen LogP contribution is 2.22. The van der Waals surface area contributed by atoms with Crippen molar-refractivity contribution in [3.63, 3.8) is 0 Å². The van der Waals surface area contributed by atoms with Crippen LogP contribution in [0.4, 0.5) is 0 Å². The summed E-state index contributed by atoms with van der Waals surface area (Å²) >= 11 is 0. The number of methoxy groups -OCH3 is 1. The van der Waals surface area contributed by atoms with Gasteiger partial charge in [0.1, 0.15) is 12.4 Å². The van der Waals surface area contributed by atoms with E-state index in [1.165, 1.54) is 18.3 Å². The number of rotatable bonds is 9. The Balaban J connectivity index is 2.59. The van der Waals surface area contributed by atoms with Crippen molar-refractivity contribution in [2.24, 2.45) is 0 Å². The van der Waals surface area contributed by atoms with Crippen LogP contribution in [0, 0.1) is 11.8 Å². The number of hydrogen-bond donors (Lipinski definition) is 0. The van der Waals surface area contributed by atoms with E-state index in [2.05, 4.69) is 44.8 Å². The van der Waals surface area contributed by atoms with E-state index >= 15 is 0 Å². The van der Waals surface area contributed by atoms with Gasteiger partial charge in [0.05, 0.1) is 19.4 Å². The molecule has 0 saturated carbocycles. The van der Waals surface area contributed by atoms with Crippen molar-refractivity contribution in [2.45, 2.75) is 52.9 Å². The van der Waals surface area contributed by atoms with Crippen molar-refractivity contribution >= 4 is 5.97 Å². The van der Waals surface area contributed by atoms with E-state index in [4.69, 9.17) is 9.47 Å². The Labute approximate surface area is 158 Å². The fraction of sp³-hybridized carbons (Fsp3) is 0.435. The first-order valence-corrected chi connectivity index (χ1v) is 8.97. The van der Waals surface area contributed by atoms with E-state index in [-0.39, 0.29) is 18.3 Å². The second-order valence-corrected chi connectivity index (χ2v) is 6.48. The molecule has 0 heterocycles. The van der Waals surface area contributed by atoms with E-state index in [9.17, 15) is 4.79 Å². The summed E-state index contributed by atoms with van der Waals surface area (Å²) in [6, 6.07) is 7.75. The fourth-order valence-electron chi connectivity index (χ4n) is 2.44. The zero-order chi connectivity index (χ0) is 19.4. The molecule has 0 N–H and O–H groups in total. The zero-order valence-corrected chi connectivity index (χ0v) is 16.6. The highest BCUT2D eigenvalue weighted by molar-refractivity contribution is 5.71. The molecule has 0 aliphatic rings. The Kier molecular flexibility index (Phi) is 9.94. The molecule has 1 aromatic carbocycles. The third kappa shape index (κ3) is 8.58.